The fourth-order valence-corrected chi connectivity index (χ4v) is 2.63. The largest absolute Gasteiger partial charge is 0.489 e. The summed E-state index contributed by atoms with van der Waals surface area (Å²) in [7, 11) is 0. The Kier molecular flexibility index (Phi) is 5.07. The first-order valence-electron chi connectivity index (χ1n) is 7.11. The SMILES string of the molecule is CC(C)(C)c1cc(Br)ccc1OCc1ccccc1CN. The molecule has 0 atom stereocenters. The minimum absolute atomic E-state index is 0.0342. The minimum Gasteiger partial charge on any atom is -0.489 e. The van der Waals surface area contributed by atoms with Crippen LogP contribution in [0, 0.1) is 0 Å². The smallest absolute Gasteiger partial charge is 0.123 e. The molecule has 0 bridgehead atoms. The van der Waals surface area contributed by atoms with Crippen molar-refractivity contribution in [3.63, 3.8) is 0 Å². The molecular weight excluding hydrogens is 326 g/mol. The van der Waals surface area contributed by atoms with E-state index < -0.39 is 0 Å². The quantitative estimate of drug-likeness (QED) is 0.863. The van der Waals surface area contributed by atoms with Crippen molar-refractivity contribution in [2.45, 2.75) is 39.3 Å². The van der Waals surface area contributed by atoms with Crippen molar-refractivity contribution in [1.29, 1.82) is 0 Å². The Balaban J connectivity index is 2.24. The third kappa shape index (κ3) is 4.08. The van der Waals surface area contributed by atoms with Crippen molar-refractivity contribution < 1.29 is 4.74 Å². The van der Waals surface area contributed by atoms with E-state index in [1.54, 1.807) is 0 Å². The Bertz CT molecular complexity index is 617. The van der Waals surface area contributed by atoms with E-state index in [2.05, 4.69) is 48.8 Å². The molecule has 3 heteroatoms. The van der Waals surface area contributed by atoms with E-state index in [1.807, 2.05) is 30.3 Å². The molecule has 2 nitrogen and oxygen atoms in total. The van der Waals surface area contributed by atoms with Crippen LogP contribution in [0.2, 0.25) is 0 Å². The van der Waals surface area contributed by atoms with Gasteiger partial charge in [-0.15, -0.1) is 0 Å². The molecular formula is C18H22BrNO. The van der Waals surface area contributed by atoms with Gasteiger partial charge < -0.3 is 10.5 Å². The lowest BCUT2D eigenvalue weighted by atomic mass is 9.86. The molecule has 0 aliphatic heterocycles. The molecule has 0 aromatic heterocycles. The molecule has 0 amide bonds. The second-order valence-electron chi connectivity index (χ2n) is 6.15. The lowest BCUT2D eigenvalue weighted by Gasteiger charge is -2.23. The summed E-state index contributed by atoms with van der Waals surface area (Å²) in [5, 5.41) is 0. The molecule has 2 rings (SSSR count). The highest BCUT2D eigenvalue weighted by molar-refractivity contribution is 9.10. The number of hydrogen-bond donors (Lipinski definition) is 1. The Morgan fingerprint density at radius 2 is 1.71 bits per heavy atom. The van der Waals surface area contributed by atoms with Gasteiger partial charge in [0.2, 0.25) is 0 Å². The first-order chi connectivity index (χ1) is 9.91. The van der Waals surface area contributed by atoms with Crippen molar-refractivity contribution in [2.24, 2.45) is 5.73 Å². The predicted molar refractivity (Wildman–Crippen MR) is 91.5 cm³/mol. The molecule has 0 radical (unpaired) electrons. The van der Waals surface area contributed by atoms with E-state index in [0.29, 0.717) is 13.2 Å². The summed E-state index contributed by atoms with van der Waals surface area (Å²) < 4.78 is 7.14. The molecule has 0 saturated carbocycles. The van der Waals surface area contributed by atoms with E-state index in [-0.39, 0.29) is 5.41 Å². The number of halogens is 1. The topological polar surface area (TPSA) is 35.2 Å². The minimum atomic E-state index is 0.0342. The van der Waals surface area contributed by atoms with Crippen LogP contribution in [-0.2, 0) is 18.6 Å². The van der Waals surface area contributed by atoms with Crippen molar-refractivity contribution >= 4 is 15.9 Å². The standard InChI is InChI=1S/C18H22BrNO/c1-18(2,3)16-10-15(19)8-9-17(16)21-12-14-7-5-4-6-13(14)11-20/h4-10H,11-12,20H2,1-3H3. The summed E-state index contributed by atoms with van der Waals surface area (Å²) in [4.78, 5) is 0. The van der Waals surface area contributed by atoms with Gasteiger partial charge in [0, 0.05) is 16.6 Å². The molecule has 0 saturated heterocycles. The summed E-state index contributed by atoms with van der Waals surface area (Å²) in [5.74, 6) is 0.928. The molecule has 0 aliphatic carbocycles. The number of nitrogens with two attached hydrogens (primary N) is 1. The van der Waals surface area contributed by atoms with Crippen molar-refractivity contribution in [3.8, 4) is 5.75 Å². The molecule has 0 spiro atoms. The monoisotopic (exact) mass is 347 g/mol. The Labute approximate surface area is 135 Å². The van der Waals surface area contributed by atoms with Crippen LogP contribution in [0.3, 0.4) is 0 Å². The van der Waals surface area contributed by atoms with E-state index in [4.69, 9.17) is 10.5 Å². The van der Waals surface area contributed by atoms with E-state index in [9.17, 15) is 0 Å². The molecule has 2 aromatic carbocycles. The second-order valence-corrected chi connectivity index (χ2v) is 7.07. The van der Waals surface area contributed by atoms with Gasteiger partial charge in [-0.2, -0.15) is 0 Å². The Morgan fingerprint density at radius 1 is 1.05 bits per heavy atom. The van der Waals surface area contributed by atoms with Crippen LogP contribution in [-0.4, -0.2) is 0 Å². The average Bonchev–Trinajstić information content (AvgIpc) is 2.45. The molecule has 2 N–H and O–H groups in total. The summed E-state index contributed by atoms with van der Waals surface area (Å²) in [6, 6.07) is 14.3. The molecule has 0 fully saturated rings. The first-order valence-corrected chi connectivity index (χ1v) is 7.91. The lowest BCUT2D eigenvalue weighted by molar-refractivity contribution is 0.296. The number of hydrogen-bond acceptors (Lipinski definition) is 2. The summed E-state index contributed by atoms with van der Waals surface area (Å²) in [6.45, 7) is 7.64. The van der Waals surface area contributed by atoms with Gasteiger partial charge in [-0.05, 0) is 34.7 Å². The maximum atomic E-state index is 6.07. The summed E-state index contributed by atoms with van der Waals surface area (Å²) >= 11 is 3.54. The van der Waals surface area contributed by atoms with Gasteiger partial charge >= 0.3 is 0 Å². The van der Waals surface area contributed by atoms with E-state index in [1.165, 1.54) is 5.56 Å². The van der Waals surface area contributed by atoms with Crippen LogP contribution in [0.15, 0.2) is 46.9 Å². The summed E-state index contributed by atoms with van der Waals surface area (Å²) in [5.41, 5.74) is 9.28. The molecule has 0 aliphatic rings. The van der Waals surface area contributed by atoms with Gasteiger partial charge in [-0.3, -0.25) is 0 Å². The van der Waals surface area contributed by atoms with Gasteiger partial charge in [0.1, 0.15) is 12.4 Å². The van der Waals surface area contributed by atoms with Crippen LogP contribution in [0.25, 0.3) is 0 Å². The maximum absolute atomic E-state index is 6.07. The fraction of sp³-hybridized carbons (Fsp3) is 0.333. The van der Waals surface area contributed by atoms with Crippen LogP contribution >= 0.6 is 15.9 Å². The molecule has 2 aromatic rings. The van der Waals surface area contributed by atoms with Crippen molar-refractivity contribution in [1.82, 2.24) is 0 Å². The van der Waals surface area contributed by atoms with Gasteiger partial charge in [0.15, 0.2) is 0 Å². The highest BCUT2D eigenvalue weighted by Gasteiger charge is 2.19. The molecule has 112 valence electrons. The number of ether oxygens (including phenoxy) is 1. The first kappa shape index (κ1) is 16.1. The predicted octanol–water partition coefficient (Wildman–Crippen LogP) is 4.78. The van der Waals surface area contributed by atoms with Gasteiger partial charge in [-0.1, -0.05) is 61.0 Å². The van der Waals surface area contributed by atoms with Gasteiger partial charge in [-0.25, -0.2) is 0 Å². The normalized spacial score (nSPS) is 11.5. The second kappa shape index (κ2) is 6.63. The Morgan fingerprint density at radius 3 is 2.33 bits per heavy atom. The van der Waals surface area contributed by atoms with Gasteiger partial charge in [0.25, 0.3) is 0 Å². The zero-order chi connectivity index (χ0) is 15.5. The molecule has 0 heterocycles. The van der Waals surface area contributed by atoms with Crippen LogP contribution in [0.5, 0.6) is 5.75 Å². The van der Waals surface area contributed by atoms with E-state index in [0.717, 1.165) is 21.3 Å². The Hall–Kier alpha value is -1.32. The third-order valence-electron chi connectivity index (χ3n) is 3.47. The van der Waals surface area contributed by atoms with Gasteiger partial charge in [0.05, 0.1) is 0 Å². The number of benzene rings is 2. The van der Waals surface area contributed by atoms with Crippen molar-refractivity contribution in [2.75, 3.05) is 0 Å². The molecule has 21 heavy (non-hydrogen) atoms. The van der Waals surface area contributed by atoms with Crippen LogP contribution < -0.4 is 10.5 Å². The fourth-order valence-electron chi connectivity index (χ4n) is 2.27. The van der Waals surface area contributed by atoms with Crippen LogP contribution in [0.4, 0.5) is 0 Å². The van der Waals surface area contributed by atoms with E-state index >= 15 is 0 Å². The zero-order valence-corrected chi connectivity index (χ0v) is 14.4. The maximum Gasteiger partial charge on any atom is 0.123 e. The third-order valence-corrected chi connectivity index (χ3v) is 3.96. The highest BCUT2D eigenvalue weighted by atomic mass is 79.9. The lowest BCUT2D eigenvalue weighted by Crippen LogP contribution is -2.14. The highest BCUT2D eigenvalue weighted by Crippen LogP contribution is 2.34. The summed E-state index contributed by atoms with van der Waals surface area (Å²) in [6.07, 6.45) is 0. The van der Waals surface area contributed by atoms with Crippen LogP contribution in [0.1, 0.15) is 37.5 Å². The number of rotatable bonds is 4. The van der Waals surface area contributed by atoms with Crippen molar-refractivity contribution in [3.05, 3.63) is 63.6 Å². The zero-order valence-electron chi connectivity index (χ0n) is 12.8. The average molecular weight is 348 g/mol. The molecule has 0 unspecified atom stereocenters.